The van der Waals surface area contributed by atoms with Crippen molar-refractivity contribution in [1.82, 2.24) is 0 Å². The molecule has 1 aromatic heterocycles. The fourth-order valence-electron chi connectivity index (χ4n) is 3.95. The third-order valence-electron chi connectivity index (χ3n) is 5.54. The lowest BCUT2D eigenvalue weighted by atomic mass is 9.85. The van der Waals surface area contributed by atoms with Crippen LogP contribution in [0.3, 0.4) is 0 Å². The molecule has 0 radical (unpaired) electrons. The predicted molar refractivity (Wildman–Crippen MR) is 101 cm³/mol. The normalized spacial score (nSPS) is 26.6. The summed E-state index contributed by atoms with van der Waals surface area (Å²) in [5, 5.41) is 39.4. The van der Waals surface area contributed by atoms with Crippen molar-refractivity contribution in [3.05, 3.63) is 36.3 Å². The smallest absolute Gasteiger partial charge is 0.303 e. The molecule has 1 unspecified atom stereocenters. The zero-order chi connectivity index (χ0) is 19.6. The average molecular weight is 380 g/mol. The highest BCUT2D eigenvalue weighted by molar-refractivity contribution is 5.66. The number of hydrogen-bond donors (Lipinski definition) is 4. The van der Waals surface area contributed by atoms with Crippen LogP contribution in [0.25, 0.3) is 0 Å². The standard InChI is InChI=1S/C21H32O6/c22-16(8-7-15-11-12-27-14-15)9-10-18-17(19(23)13-20(18)24)5-3-1-2-4-6-21(25)26/h1,3,11-12,14,16-20,22-24H,2,4-10,13H2,(H,25,26)/t16?,17-,18-,19+,20-/m1/s1. The molecule has 0 aliphatic heterocycles. The van der Waals surface area contributed by atoms with Crippen molar-refractivity contribution in [2.24, 2.45) is 11.8 Å². The van der Waals surface area contributed by atoms with E-state index in [1.54, 1.807) is 12.5 Å². The first-order valence-electron chi connectivity index (χ1n) is 9.89. The largest absolute Gasteiger partial charge is 0.481 e. The van der Waals surface area contributed by atoms with Crippen molar-refractivity contribution in [1.29, 1.82) is 0 Å². The van der Waals surface area contributed by atoms with Crippen molar-refractivity contribution >= 4 is 5.97 Å². The number of hydrogen-bond acceptors (Lipinski definition) is 5. The van der Waals surface area contributed by atoms with Gasteiger partial charge < -0.3 is 24.8 Å². The summed E-state index contributed by atoms with van der Waals surface area (Å²) in [5.41, 5.74) is 1.07. The van der Waals surface area contributed by atoms with Gasteiger partial charge in [0.15, 0.2) is 0 Å². The molecule has 4 N–H and O–H groups in total. The minimum atomic E-state index is -0.788. The van der Waals surface area contributed by atoms with Gasteiger partial charge in [-0.15, -0.1) is 0 Å². The molecule has 1 fully saturated rings. The molecule has 0 bridgehead atoms. The molecule has 2 rings (SSSR count). The predicted octanol–water partition coefficient (Wildman–Crippen LogP) is 2.91. The molecule has 152 valence electrons. The number of carboxylic acid groups (broad SMARTS) is 1. The second-order valence-electron chi connectivity index (χ2n) is 7.59. The summed E-state index contributed by atoms with van der Waals surface area (Å²) in [6, 6.07) is 1.89. The van der Waals surface area contributed by atoms with Gasteiger partial charge in [0.05, 0.1) is 30.8 Å². The monoisotopic (exact) mass is 380 g/mol. The first-order valence-corrected chi connectivity index (χ1v) is 9.89. The van der Waals surface area contributed by atoms with Gasteiger partial charge in [-0.05, 0) is 74.8 Å². The Bertz CT molecular complexity index is 567. The van der Waals surface area contributed by atoms with E-state index in [-0.39, 0.29) is 18.3 Å². The second kappa shape index (κ2) is 11.3. The molecule has 27 heavy (non-hydrogen) atoms. The Morgan fingerprint density at radius 3 is 2.70 bits per heavy atom. The van der Waals surface area contributed by atoms with Gasteiger partial charge in [-0.1, -0.05) is 12.2 Å². The van der Waals surface area contributed by atoms with Gasteiger partial charge in [0.1, 0.15) is 0 Å². The second-order valence-corrected chi connectivity index (χ2v) is 7.59. The van der Waals surface area contributed by atoms with Crippen LogP contribution in [-0.2, 0) is 11.2 Å². The van der Waals surface area contributed by atoms with E-state index in [2.05, 4.69) is 0 Å². The molecule has 6 heteroatoms. The lowest BCUT2D eigenvalue weighted by Crippen LogP contribution is -2.23. The number of carboxylic acids is 1. The molecule has 1 heterocycles. The molecule has 0 saturated heterocycles. The van der Waals surface area contributed by atoms with E-state index in [4.69, 9.17) is 9.52 Å². The summed E-state index contributed by atoms with van der Waals surface area (Å²) in [7, 11) is 0. The van der Waals surface area contributed by atoms with E-state index in [9.17, 15) is 20.1 Å². The number of furan rings is 1. The maximum atomic E-state index is 10.5. The van der Waals surface area contributed by atoms with Crippen molar-refractivity contribution in [3.63, 3.8) is 0 Å². The van der Waals surface area contributed by atoms with Gasteiger partial charge in [0, 0.05) is 6.42 Å². The topological polar surface area (TPSA) is 111 Å². The first kappa shape index (κ1) is 21.7. The highest BCUT2D eigenvalue weighted by atomic mass is 16.4. The van der Waals surface area contributed by atoms with Crippen molar-refractivity contribution in [3.8, 4) is 0 Å². The molecular weight excluding hydrogens is 348 g/mol. The minimum absolute atomic E-state index is 0.0169. The van der Waals surface area contributed by atoms with E-state index in [1.165, 1.54) is 0 Å². The third-order valence-corrected chi connectivity index (χ3v) is 5.54. The number of aliphatic hydroxyl groups excluding tert-OH is 3. The number of aliphatic carboxylic acids is 1. The molecule has 1 aromatic rings. The van der Waals surface area contributed by atoms with Crippen LogP contribution in [0.4, 0.5) is 0 Å². The number of unbranched alkanes of at least 4 members (excludes halogenated alkanes) is 1. The van der Waals surface area contributed by atoms with Gasteiger partial charge >= 0.3 is 5.97 Å². The lowest BCUT2D eigenvalue weighted by molar-refractivity contribution is -0.137. The van der Waals surface area contributed by atoms with Crippen LogP contribution in [-0.4, -0.2) is 44.7 Å². The number of carbonyl (C=O) groups is 1. The Kier molecular flexibility index (Phi) is 9.04. The fourth-order valence-corrected chi connectivity index (χ4v) is 3.95. The Labute approximate surface area is 160 Å². The molecule has 0 amide bonds. The summed E-state index contributed by atoms with van der Waals surface area (Å²) >= 11 is 0. The maximum absolute atomic E-state index is 10.5. The van der Waals surface area contributed by atoms with Crippen LogP contribution in [0.1, 0.15) is 56.9 Å². The van der Waals surface area contributed by atoms with Gasteiger partial charge in [-0.2, -0.15) is 0 Å². The summed E-state index contributed by atoms with van der Waals surface area (Å²) < 4.78 is 5.02. The lowest BCUT2D eigenvalue weighted by Gasteiger charge is -2.23. The van der Waals surface area contributed by atoms with Crippen molar-refractivity contribution < 1.29 is 29.6 Å². The van der Waals surface area contributed by atoms with Crippen LogP contribution in [0, 0.1) is 11.8 Å². The van der Waals surface area contributed by atoms with E-state index in [1.807, 2.05) is 18.2 Å². The van der Waals surface area contributed by atoms with Gasteiger partial charge in [0.2, 0.25) is 0 Å². The van der Waals surface area contributed by atoms with Gasteiger partial charge in [-0.3, -0.25) is 4.79 Å². The Morgan fingerprint density at radius 2 is 2.00 bits per heavy atom. The van der Waals surface area contributed by atoms with Crippen molar-refractivity contribution in [2.75, 3.05) is 0 Å². The highest BCUT2D eigenvalue weighted by Gasteiger charge is 2.40. The first-order chi connectivity index (χ1) is 13.0. The molecule has 1 saturated carbocycles. The molecule has 5 atom stereocenters. The Morgan fingerprint density at radius 1 is 1.22 bits per heavy atom. The number of rotatable bonds is 12. The number of allylic oxidation sites excluding steroid dienone is 2. The minimum Gasteiger partial charge on any atom is -0.481 e. The average Bonchev–Trinajstić information content (AvgIpc) is 3.22. The Hall–Kier alpha value is -1.63. The summed E-state index contributed by atoms with van der Waals surface area (Å²) in [6.45, 7) is 0. The van der Waals surface area contributed by atoms with Gasteiger partial charge in [-0.25, -0.2) is 0 Å². The molecule has 0 aromatic carbocycles. The maximum Gasteiger partial charge on any atom is 0.303 e. The van der Waals surface area contributed by atoms with Crippen LogP contribution in [0.5, 0.6) is 0 Å². The zero-order valence-electron chi connectivity index (χ0n) is 15.7. The molecular formula is C21H32O6. The summed E-state index contributed by atoms with van der Waals surface area (Å²) in [6.07, 6.45) is 11.0. The van der Waals surface area contributed by atoms with Crippen LogP contribution in [0.2, 0.25) is 0 Å². The SMILES string of the molecule is O=C(O)CCCC=CC[C@@H]1[C@@H](CCC(O)CCc2ccoc2)[C@H](O)C[C@@H]1O. The summed E-state index contributed by atoms with van der Waals surface area (Å²) in [5.74, 6) is -0.826. The van der Waals surface area contributed by atoms with E-state index >= 15 is 0 Å². The van der Waals surface area contributed by atoms with Crippen LogP contribution in [0.15, 0.2) is 35.2 Å². The Balaban J connectivity index is 1.73. The van der Waals surface area contributed by atoms with Crippen LogP contribution >= 0.6 is 0 Å². The molecule has 1 aliphatic carbocycles. The molecule has 1 aliphatic rings. The van der Waals surface area contributed by atoms with E-state index in [0.29, 0.717) is 44.9 Å². The van der Waals surface area contributed by atoms with E-state index in [0.717, 1.165) is 12.0 Å². The summed E-state index contributed by atoms with van der Waals surface area (Å²) in [4.78, 5) is 10.5. The molecule has 6 nitrogen and oxygen atoms in total. The van der Waals surface area contributed by atoms with E-state index < -0.39 is 24.3 Å². The van der Waals surface area contributed by atoms with Gasteiger partial charge in [0.25, 0.3) is 0 Å². The third kappa shape index (κ3) is 7.48. The number of aryl methyl sites for hydroxylation is 1. The highest BCUT2D eigenvalue weighted by Crippen LogP contribution is 2.38. The fraction of sp³-hybridized carbons (Fsp3) is 0.667. The van der Waals surface area contributed by atoms with Crippen molar-refractivity contribution in [2.45, 2.75) is 76.1 Å². The molecule has 0 spiro atoms. The zero-order valence-corrected chi connectivity index (χ0v) is 15.7. The van der Waals surface area contributed by atoms with Crippen LogP contribution < -0.4 is 0 Å². The quantitative estimate of drug-likeness (QED) is 0.328. The number of aliphatic hydroxyl groups is 3.